The fourth-order valence-electron chi connectivity index (χ4n) is 2.40. The Bertz CT molecular complexity index is 668. The fourth-order valence-corrected chi connectivity index (χ4v) is 2.40. The number of amides is 1. The summed E-state index contributed by atoms with van der Waals surface area (Å²) in [6.45, 7) is 0. The van der Waals surface area contributed by atoms with E-state index in [1.807, 2.05) is 30.3 Å². The summed E-state index contributed by atoms with van der Waals surface area (Å²) in [6.07, 6.45) is 0. The van der Waals surface area contributed by atoms with Crippen LogP contribution >= 0.6 is 0 Å². The average Bonchev–Trinajstić information content (AvgIpc) is 2.75. The van der Waals surface area contributed by atoms with Crippen molar-refractivity contribution in [3.63, 3.8) is 0 Å². The van der Waals surface area contributed by atoms with Crippen molar-refractivity contribution >= 4 is 17.3 Å². The Morgan fingerprint density at radius 3 is 2.47 bits per heavy atom. The van der Waals surface area contributed by atoms with E-state index in [2.05, 4.69) is 5.32 Å². The second-order valence-electron chi connectivity index (χ2n) is 4.33. The predicted octanol–water partition coefficient (Wildman–Crippen LogP) is 2.68. The molecule has 0 radical (unpaired) electrons. The number of nitrogens with zero attached hydrogens (tertiary/aromatic N) is 1. The van der Waals surface area contributed by atoms with E-state index in [1.165, 1.54) is 6.07 Å². The smallest absolute Gasteiger partial charge is 0.293 e. The van der Waals surface area contributed by atoms with Crippen molar-refractivity contribution in [2.24, 2.45) is 0 Å². The molecular weight excluding hydrogens is 244 g/mol. The summed E-state index contributed by atoms with van der Waals surface area (Å²) in [7, 11) is 0. The highest BCUT2D eigenvalue weighted by Gasteiger charge is 2.36. The van der Waals surface area contributed by atoms with E-state index >= 15 is 0 Å². The number of anilines is 1. The minimum atomic E-state index is -0.480. The third-order valence-corrected chi connectivity index (χ3v) is 3.23. The summed E-state index contributed by atoms with van der Waals surface area (Å²) in [5, 5.41) is 13.6. The number of para-hydroxylation sites is 1. The Morgan fingerprint density at radius 1 is 1.05 bits per heavy atom. The Balaban J connectivity index is 2.16. The molecule has 94 valence electrons. The van der Waals surface area contributed by atoms with Crippen LogP contribution in [-0.4, -0.2) is 10.8 Å². The van der Waals surface area contributed by atoms with Gasteiger partial charge in [0, 0.05) is 6.07 Å². The molecule has 1 aliphatic rings. The van der Waals surface area contributed by atoms with Gasteiger partial charge in [-0.25, -0.2) is 0 Å². The number of fused-ring (bicyclic) bond motifs is 1. The lowest BCUT2D eigenvalue weighted by Crippen LogP contribution is -2.13. The number of hydrogen-bond acceptors (Lipinski definition) is 3. The maximum absolute atomic E-state index is 12.1. The number of nitrogens with one attached hydrogen (secondary N) is 1. The predicted molar refractivity (Wildman–Crippen MR) is 70.0 cm³/mol. The van der Waals surface area contributed by atoms with E-state index in [-0.39, 0.29) is 11.6 Å². The van der Waals surface area contributed by atoms with Gasteiger partial charge >= 0.3 is 0 Å². The lowest BCUT2D eigenvalue weighted by atomic mass is 9.92. The third kappa shape index (κ3) is 1.76. The molecular formula is C14H10N2O3. The molecule has 0 bridgehead atoms. The summed E-state index contributed by atoms with van der Waals surface area (Å²) >= 11 is 0. The largest absolute Gasteiger partial charge is 0.319 e. The highest BCUT2D eigenvalue weighted by molar-refractivity contribution is 6.07. The first-order chi connectivity index (χ1) is 9.18. The molecule has 0 spiro atoms. The fraction of sp³-hybridized carbons (Fsp3) is 0.0714. The van der Waals surface area contributed by atoms with Crippen LogP contribution in [0, 0.1) is 10.1 Å². The molecule has 2 aromatic rings. The second kappa shape index (κ2) is 4.20. The molecule has 2 aromatic carbocycles. The molecule has 19 heavy (non-hydrogen) atoms. The lowest BCUT2D eigenvalue weighted by Gasteiger charge is -2.08. The van der Waals surface area contributed by atoms with Crippen LogP contribution < -0.4 is 5.32 Å². The first-order valence-corrected chi connectivity index (χ1v) is 5.81. The lowest BCUT2D eigenvalue weighted by molar-refractivity contribution is -0.383. The maximum Gasteiger partial charge on any atom is 0.293 e. The van der Waals surface area contributed by atoms with Crippen molar-refractivity contribution in [1.82, 2.24) is 0 Å². The van der Waals surface area contributed by atoms with E-state index in [0.29, 0.717) is 11.3 Å². The normalized spacial score (nSPS) is 16.8. The first kappa shape index (κ1) is 11.4. The van der Waals surface area contributed by atoms with Gasteiger partial charge < -0.3 is 5.32 Å². The van der Waals surface area contributed by atoms with Crippen molar-refractivity contribution in [2.45, 2.75) is 5.92 Å². The Labute approximate surface area is 109 Å². The zero-order chi connectivity index (χ0) is 13.4. The number of carbonyl (C=O) groups excluding carboxylic acids is 1. The second-order valence-corrected chi connectivity index (χ2v) is 4.33. The molecule has 0 fully saturated rings. The molecule has 5 nitrogen and oxygen atoms in total. The van der Waals surface area contributed by atoms with Gasteiger partial charge in [0.1, 0.15) is 5.69 Å². The number of carbonyl (C=O) groups is 1. The van der Waals surface area contributed by atoms with Crippen LogP contribution in [0.4, 0.5) is 11.4 Å². The van der Waals surface area contributed by atoms with E-state index in [1.54, 1.807) is 12.1 Å². The molecule has 1 unspecified atom stereocenters. The van der Waals surface area contributed by atoms with Crippen LogP contribution in [0.1, 0.15) is 17.0 Å². The highest BCUT2D eigenvalue weighted by Crippen LogP contribution is 2.41. The number of nitro groups is 1. The third-order valence-electron chi connectivity index (χ3n) is 3.23. The number of nitro benzene ring substituents is 1. The molecule has 1 N–H and O–H groups in total. The molecule has 0 saturated carbocycles. The summed E-state index contributed by atoms with van der Waals surface area (Å²) in [4.78, 5) is 22.6. The Hall–Kier alpha value is -2.69. The van der Waals surface area contributed by atoms with Gasteiger partial charge in [-0.05, 0) is 11.1 Å². The van der Waals surface area contributed by atoms with Crippen molar-refractivity contribution in [1.29, 1.82) is 0 Å². The SMILES string of the molecule is O=C1Nc2c(cccc2[N+](=O)[O-])C1c1ccccc1. The van der Waals surface area contributed by atoms with Gasteiger partial charge in [-0.1, -0.05) is 42.5 Å². The highest BCUT2D eigenvalue weighted by atomic mass is 16.6. The van der Waals surface area contributed by atoms with Crippen LogP contribution in [0.3, 0.4) is 0 Å². The Morgan fingerprint density at radius 2 is 1.79 bits per heavy atom. The average molecular weight is 254 g/mol. The molecule has 5 heteroatoms. The van der Waals surface area contributed by atoms with Gasteiger partial charge in [-0.2, -0.15) is 0 Å². The van der Waals surface area contributed by atoms with Gasteiger partial charge in [0.2, 0.25) is 5.91 Å². The number of hydrogen-bond donors (Lipinski definition) is 1. The van der Waals surface area contributed by atoms with Crippen LogP contribution in [0.5, 0.6) is 0 Å². The van der Waals surface area contributed by atoms with Crippen LogP contribution in [-0.2, 0) is 4.79 Å². The van der Waals surface area contributed by atoms with Gasteiger partial charge in [0.15, 0.2) is 0 Å². The minimum absolute atomic E-state index is 0.0655. The number of rotatable bonds is 2. The zero-order valence-corrected chi connectivity index (χ0v) is 9.87. The van der Waals surface area contributed by atoms with Crippen LogP contribution in [0.15, 0.2) is 48.5 Å². The molecule has 1 aliphatic heterocycles. The van der Waals surface area contributed by atoms with Gasteiger partial charge in [-0.3, -0.25) is 14.9 Å². The summed E-state index contributed by atoms with van der Waals surface area (Å²) < 4.78 is 0. The van der Waals surface area contributed by atoms with E-state index in [9.17, 15) is 14.9 Å². The quantitative estimate of drug-likeness (QED) is 0.661. The molecule has 0 aromatic heterocycles. The van der Waals surface area contributed by atoms with Crippen LogP contribution in [0.2, 0.25) is 0 Å². The van der Waals surface area contributed by atoms with Crippen LogP contribution in [0.25, 0.3) is 0 Å². The maximum atomic E-state index is 12.1. The van der Waals surface area contributed by atoms with Crippen molar-refractivity contribution in [3.8, 4) is 0 Å². The monoisotopic (exact) mass is 254 g/mol. The van der Waals surface area contributed by atoms with Gasteiger partial charge in [-0.15, -0.1) is 0 Å². The Kier molecular flexibility index (Phi) is 2.52. The standard InChI is InChI=1S/C14H10N2O3/c17-14-12(9-5-2-1-3-6-9)10-7-4-8-11(16(18)19)13(10)15-14/h1-8,12H,(H,15,17). The molecule has 3 rings (SSSR count). The van der Waals surface area contributed by atoms with Crippen molar-refractivity contribution in [2.75, 3.05) is 5.32 Å². The topological polar surface area (TPSA) is 72.2 Å². The zero-order valence-electron chi connectivity index (χ0n) is 9.87. The van der Waals surface area contributed by atoms with E-state index < -0.39 is 10.8 Å². The first-order valence-electron chi connectivity index (χ1n) is 5.81. The molecule has 1 amide bonds. The van der Waals surface area contributed by atoms with Crippen molar-refractivity contribution < 1.29 is 9.72 Å². The summed E-state index contributed by atoms with van der Waals surface area (Å²) in [6, 6.07) is 14.0. The van der Waals surface area contributed by atoms with E-state index in [0.717, 1.165) is 5.56 Å². The minimum Gasteiger partial charge on any atom is -0.319 e. The number of benzene rings is 2. The molecule has 1 atom stereocenters. The van der Waals surface area contributed by atoms with Crippen molar-refractivity contribution in [3.05, 3.63) is 69.8 Å². The summed E-state index contributed by atoms with van der Waals surface area (Å²) in [5.41, 5.74) is 1.74. The summed E-state index contributed by atoms with van der Waals surface area (Å²) in [5.74, 6) is -0.702. The molecule has 0 aliphatic carbocycles. The molecule has 0 saturated heterocycles. The molecule has 1 heterocycles. The van der Waals surface area contributed by atoms with Gasteiger partial charge in [0.25, 0.3) is 5.69 Å². The van der Waals surface area contributed by atoms with E-state index in [4.69, 9.17) is 0 Å². The van der Waals surface area contributed by atoms with Gasteiger partial charge in [0.05, 0.1) is 10.8 Å².